The number of hydrogen-bond acceptors (Lipinski definition) is 4. The van der Waals surface area contributed by atoms with Crippen LogP contribution in [0, 0.1) is 0 Å². The van der Waals surface area contributed by atoms with Crippen molar-refractivity contribution in [3.05, 3.63) is 99.0 Å². The maximum absolute atomic E-state index is 14.0. The number of benzene rings is 3. The number of anilines is 1. The fraction of sp³-hybridized carbons (Fsp3) is 0.286. The molecule has 0 spiro atoms. The van der Waals surface area contributed by atoms with E-state index in [0.717, 1.165) is 16.1 Å². The minimum Gasteiger partial charge on any atom is -0.352 e. The van der Waals surface area contributed by atoms with Crippen molar-refractivity contribution in [2.24, 2.45) is 0 Å². The van der Waals surface area contributed by atoms with E-state index in [1.165, 1.54) is 11.0 Å². The van der Waals surface area contributed by atoms with Crippen LogP contribution in [-0.2, 0) is 32.6 Å². The largest absolute Gasteiger partial charge is 0.352 e. The molecule has 0 radical (unpaired) electrons. The number of hydrogen-bond donors (Lipinski definition) is 1. The molecule has 0 aliphatic carbocycles. The number of amides is 2. The third-order valence-corrected chi connectivity index (χ3v) is 7.80. The number of rotatable bonds is 11. The molecule has 208 valence electrons. The summed E-state index contributed by atoms with van der Waals surface area (Å²) >= 11 is 18.6. The number of carbonyl (C=O) groups is 2. The first kappa shape index (κ1) is 30.8. The van der Waals surface area contributed by atoms with E-state index in [0.29, 0.717) is 20.6 Å². The summed E-state index contributed by atoms with van der Waals surface area (Å²) < 4.78 is 26.5. The topological polar surface area (TPSA) is 86.8 Å². The second-order valence-corrected chi connectivity index (χ2v) is 12.6. The molecule has 0 saturated heterocycles. The minimum atomic E-state index is -3.89. The van der Waals surface area contributed by atoms with Crippen LogP contribution in [0.15, 0.2) is 72.8 Å². The highest BCUT2D eigenvalue weighted by Crippen LogP contribution is 2.26. The normalized spacial score (nSPS) is 12.2. The molecule has 0 unspecified atom stereocenters. The van der Waals surface area contributed by atoms with Gasteiger partial charge >= 0.3 is 0 Å². The molecular formula is C28H30Cl3N3O4S. The Morgan fingerprint density at radius 1 is 0.897 bits per heavy atom. The van der Waals surface area contributed by atoms with Gasteiger partial charge in [-0.05, 0) is 55.3 Å². The van der Waals surface area contributed by atoms with E-state index in [1.54, 1.807) is 36.4 Å². The molecule has 1 atom stereocenters. The molecule has 0 fully saturated rings. The molecule has 0 heterocycles. The molecular weight excluding hydrogens is 581 g/mol. The smallest absolute Gasteiger partial charge is 0.244 e. The van der Waals surface area contributed by atoms with Crippen LogP contribution < -0.4 is 9.62 Å². The number of sulfonamides is 1. The summed E-state index contributed by atoms with van der Waals surface area (Å²) in [5.74, 6) is -0.966. The molecule has 0 aliphatic rings. The first-order valence-electron chi connectivity index (χ1n) is 12.2. The number of carbonyl (C=O) groups excluding carboxylic acids is 2. The maximum atomic E-state index is 14.0. The van der Waals surface area contributed by atoms with Crippen LogP contribution in [0.2, 0.25) is 15.1 Å². The van der Waals surface area contributed by atoms with E-state index in [4.69, 9.17) is 34.8 Å². The van der Waals surface area contributed by atoms with Gasteiger partial charge in [0.25, 0.3) is 0 Å². The summed E-state index contributed by atoms with van der Waals surface area (Å²) in [6.45, 7) is 3.05. The lowest BCUT2D eigenvalue weighted by molar-refractivity contribution is -0.140. The van der Waals surface area contributed by atoms with E-state index < -0.39 is 28.5 Å². The summed E-state index contributed by atoms with van der Waals surface area (Å²) in [7, 11) is -3.89. The molecule has 3 aromatic rings. The molecule has 0 bridgehead atoms. The minimum absolute atomic E-state index is 0.0506. The van der Waals surface area contributed by atoms with Crippen LogP contribution in [0.25, 0.3) is 0 Å². The highest BCUT2D eigenvalue weighted by molar-refractivity contribution is 7.92. The van der Waals surface area contributed by atoms with Gasteiger partial charge in [-0.2, -0.15) is 0 Å². The van der Waals surface area contributed by atoms with Gasteiger partial charge in [-0.25, -0.2) is 8.42 Å². The molecule has 3 rings (SSSR count). The van der Waals surface area contributed by atoms with Crippen molar-refractivity contribution in [1.29, 1.82) is 0 Å². The zero-order valence-corrected chi connectivity index (χ0v) is 24.9. The average Bonchev–Trinajstić information content (AvgIpc) is 2.85. The lowest BCUT2D eigenvalue weighted by Gasteiger charge is -2.34. The Morgan fingerprint density at radius 3 is 2.15 bits per heavy atom. The van der Waals surface area contributed by atoms with Crippen LogP contribution in [-0.4, -0.2) is 50.0 Å². The van der Waals surface area contributed by atoms with Crippen LogP contribution >= 0.6 is 34.8 Å². The SMILES string of the molecule is CC(C)NC(=O)[C@H](Cc1ccccc1)N(Cc1ccc(Cl)cc1Cl)C(=O)CN(c1cccc(Cl)c1)S(C)(=O)=O. The lowest BCUT2D eigenvalue weighted by atomic mass is 10.0. The third-order valence-electron chi connectivity index (χ3n) is 5.83. The molecule has 7 nitrogen and oxygen atoms in total. The first-order valence-corrected chi connectivity index (χ1v) is 15.1. The van der Waals surface area contributed by atoms with Crippen molar-refractivity contribution in [3.8, 4) is 0 Å². The lowest BCUT2D eigenvalue weighted by Crippen LogP contribution is -2.54. The van der Waals surface area contributed by atoms with Crippen LogP contribution in [0.3, 0.4) is 0 Å². The monoisotopic (exact) mass is 609 g/mol. The average molecular weight is 611 g/mol. The van der Waals surface area contributed by atoms with Gasteiger partial charge in [0.2, 0.25) is 21.8 Å². The Balaban J connectivity index is 2.08. The summed E-state index contributed by atoms with van der Waals surface area (Å²) in [6, 6.07) is 19.2. The van der Waals surface area contributed by atoms with E-state index in [1.807, 2.05) is 44.2 Å². The number of halogens is 3. The fourth-order valence-electron chi connectivity index (χ4n) is 4.01. The van der Waals surface area contributed by atoms with Gasteiger partial charge in [0.1, 0.15) is 12.6 Å². The van der Waals surface area contributed by atoms with Gasteiger partial charge in [-0.1, -0.05) is 77.3 Å². The zero-order valence-electron chi connectivity index (χ0n) is 21.8. The fourth-order valence-corrected chi connectivity index (χ4v) is 5.51. The summed E-state index contributed by atoms with van der Waals surface area (Å²) in [5, 5.41) is 3.95. The zero-order chi connectivity index (χ0) is 28.7. The molecule has 0 saturated carbocycles. The highest BCUT2D eigenvalue weighted by Gasteiger charge is 2.33. The summed E-state index contributed by atoms with van der Waals surface area (Å²) in [5.41, 5.74) is 1.61. The Kier molecular flexibility index (Phi) is 10.7. The number of nitrogens with one attached hydrogen (secondary N) is 1. The Labute approximate surface area is 244 Å². The second-order valence-electron chi connectivity index (χ2n) is 9.38. The van der Waals surface area contributed by atoms with Crippen molar-refractivity contribution in [3.63, 3.8) is 0 Å². The Bertz CT molecular complexity index is 1420. The van der Waals surface area contributed by atoms with Gasteiger partial charge in [-0.3, -0.25) is 13.9 Å². The van der Waals surface area contributed by atoms with Crippen LogP contribution in [0.5, 0.6) is 0 Å². The predicted molar refractivity (Wildman–Crippen MR) is 158 cm³/mol. The molecule has 2 amide bonds. The second kappa shape index (κ2) is 13.5. The molecule has 0 aromatic heterocycles. The van der Waals surface area contributed by atoms with Crippen molar-refractivity contribution in [1.82, 2.24) is 10.2 Å². The van der Waals surface area contributed by atoms with E-state index in [-0.39, 0.29) is 30.6 Å². The Hall–Kier alpha value is -2.78. The molecule has 39 heavy (non-hydrogen) atoms. The molecule has 0 aliphatic heterocycles. The molecule has 1 N–H and O–H groups in total. The summed E-state index contributed by atoms with van der Waals surface area (Å²) in [6.07, 6.45) is 1.21. The van der Waals surface area contributed by atoms with Gasteiger partial charge < -0.3 is 10.2 Å². The van der Waals surface area contributed by atoms with Crippen LogP contribution in [0.1, 0.15) is 25.0 Å². The van der Waals surface area contributed by atoms with Gasteiger partial charge in [-0.15, -0.1) is 0 Å². The van der Waals surface area contributed by atoms with Crippen LogP contribution in [0.4, 0.5) is 5.69 Å². The van der Waals surface area contributed by atoms with E-state index in [2.05, 4.69) is 5.32 Å². The Morgan fingerprint density at radius 2 is 1.56 bits per heavy atom. The number of nitrogens with zero attached hydrogens (tertiary/aromatic N) is 2. The molecule has 3 aromatic carbocycles. The first-order chi connectivity index (χ1) is 18.3. The van der Waals surface area contributed by atoms with Gasteiger partial charge in [0, 0.05) is 34.1 Å². The van der Waals surface area contributed by atoms with E-state index >= 15 is 0 Å². The van der Waals surface area contributed by atoms with Crippen molar-refractivity contribution in [2.45, 2.75) is 38.9 Å². The highest BCUT2D eigenvalue weighted by atomic mass is 35.5. The van der Waals surface area contributed by atoms with Gasteiger partial charge in [0.05, 0.1) is 11.9 Å². The summed E-state index contributed by atoms with van der Waals surface area (Å²) in [4.78, 5) is 28.9. The van der Waals surface area contributed by atoms with Gasteiger partial charge in [0.15, 0.2) is 0 Å². The molecule has 11 heteroatoms. The third kappa shape index (κ3) is 8.86. The predicted octanol–water partition coefficient (Wildman–Crippen LogP) is 5.58. The maximum Gasteiger partial charge on any atom is 0.244 e. The standard InChI is InChI=1S/C28H30Cl3N3O4S/c1-19(2)32-28(36)26(14-20-8-5-4-6-9-20)33(17-21-12-13-23(30)16-25(21)31)27(35)18-34(39(3,37)38)24-11-7-10-22(29)15-24/h4-13,15-16,19,26H,14,17-18H2,1-3H3,(H,32,36)/t26-/m0/s1. The van der Waals surface area contributed by atoms with Crippen molar-refractivity contribution in [2.75, 3.05) is 17.1 Å². The quantitative estimate of drug-likeness (QED) is 0.307. The van der Waals surface area contributed by atoms with Crippen molar-refractivity contribution >= 4 is 62.3 Å². The van der Waals surface area contributed by atoms with Crippen molar-refractivity contribution < 1.29 is 18.0 Å². The van der Waals surface area contributed by atoms with E-state index in [9.17, 15) is 18.0 Å².